The first-order chi connectivity index (χ1) is 32.6. The van der Waals surface area contributed by atoms with Gasteiger partial charge in [-0.25, -0.2) is 0 Å². The van der Waals surface area contributed by atoms with Crippen LogP contribution in [0.3, 0.4) is 0 Å². The first kappa shape index (κ1) is 59.5. The van der Waals surface area contributed by atoms with Crippen LogP contribution in [0.25, 0.3) is 0 Å². The van der Waals surface area contributed by atoms with Crippen LogP contribution in [0.4, 0.5) is 0 Å². The van der Waals surface area contributed by atoms with Gasteiger partial charge in [0.15, 0.2) is 12.6 Å². The van der Waals surface area contributed by atoms with E-state index in [-0.39, 0.29) is 19.6 Å². The Morgan fingerprint density at radius 2 is 0.896 bits per heavy atom. The quantitative estimate of drug-likeness (QED) is 0.0202. The minimum absolute atomic E-state index is 0.0249. The molecule has 2 saturated heterocycles. The van der Waals surface area contributed by atoms with E-state index >= 15 is 0 Å². The molecular formula is C53H82O14. The van der Waals surface area contributed by atoms with Crippen molar-refractivity contribution in [2.24, 2.45) is 0 Å². The van der Waals surface area contributed by atoms with E-state index in [1.807, 2.05) is 18.2 Å². The molecule has 14 heteroatoms. The van der Waals surface area contributed by atoms with E-state index in [1.165, 1.54) is 0 Å². The van der Waals surface area contributed by atoms with Gasteiger partial charge in [-0.3, -0.25) is 4.79 Å². The summed E-state index contributed by atoms with van der Waals surface area (Å²) < 4.78 is 34.0. The molecule has 0 saturated carbocycles. The number of rotatable bonds is 35. The van der Waals surface area contributed by atoms with E-state index in [4.69, 9.17) is 28.4 Å². The summed E-state index contributed by atoms with van der Waals surface area (Å²) in [7, 11) is 0. The summed E-state index contributed by atoms with van der Waals surface area (Å²) in [5.41, 5.74) is 0. The van der Waals surface area contributed by atoms with E-state index in [1.54, 1.807) is 0 Å². The highest BCUT2D eigenvalue weighted by Crippen LogP contribution is 2.26. The average Bonchev–Trinajstić information content (AvgIpc) is 3.32. The summed E-state index contributed by atoms with van der Waals surface area (Å²) in [6.45, 7) is 3.10. The normalized spacial score (nSPS) is 27.2. The van der Waals surface area contributed by atoms with Crippen LogP contribution >= 0.6 is 0 Å². The third kappa shape index (κ3) is 27.2. The van der Waals surface area contributed by atoms with Gasteiger partial charge in [-0.2, -0.15) is 0 Å². The van der Waals surface area contributed by atoms with Crippen molar-refractivity contribution in [3.05, 3.63) is 122 Å². The predicted octanol–water partition coefficient (Wildman–Crippen LogP) is 6.62. The third-order valence-corrected chi connectivity index (χ3v) is 10.5. The summed E-state index contributed by atoms with van der Waals surface area (Å²) in [5, 5.41) is 72.0. The number of carbonyl (C=O) groups is 1. The zero-order valence-electron chi connectivity index (χ0n) is 39.8. The number of allylic oxidation sites excluding steroid dienone is 19. The van der Waals surface area contributed by atoms with Gasteiger partial charge in [0.05, 0.1) is 33.0 Å². The highest BCUT2D eigenvalue weighted by Gasteiger charge is 2.47. The molecule has 0 aromatic heterocycles. The maximum atomic E-state index is 13.0. The summed E-state index contributed by atoms with van der Waals surface area (Å²) >= 11 is 0. The van der Waals surface area contributed by atoms with Crippen LogP contribution in [0.1, 0.15) is 104 Å². The fraction of sp³-hybridized carbons (Fsp3) is 0.604. The monoisotopic (exact) mass is 943 g/mol. The fourth-order valence-electron chi connectivity index (χ4n) is 6.62. The number of ether oxygens (including phenoxy) is 6. The van der Waals surface area contributed by atoms with Crippen LogP contribution in [0.2, 0.25) is 0 Å². The van der Waals surface area contributed by atoms with E-state index < -0.39 is 86.7 Å². The second-order valence-electron chi connectivity index (χ2n) is 16.2. The topological polar surface area (TPSA) is 214 Å². The molecule has 0 spiro atoms. The van der Waals surface area contributed by atoms with Crippen molar-refractivity contribution in [2.75, 3.05) is 33.0 Å². The van der Waals surface area contributed by atoms with Gasteiger partial charge >= 0.3 is 5.97 Å². The lowest BCUT2D eigenvalue weighted by Crippen LogP contribution is -2.61. The molecule has 0 radical (unpaired) electrons. The van der Waals surface area contributed by atoms with Crippen molar-refractivity contribution in [3.8, 4) is 0 Å². The van der Waals surface area contributed by atoms with Crippen molar-refractivity contribution in [1.29, 1.82) is 0 Å². The van der Waals surface area contributed by atoms with Crippen molar-refractivity contribution in [2.45, 2.75) is 171 Å². The number of unbranched alkanes of at least 4 members (excludes halogenated alkanes) is 1. The summed E-state index contributed by atoms with van der Waals surface area (Å²) in [5.74, 6) is -0.464. The first-order valence-corrected chi connectivity index (χ1v) is 24.1. The maximum absolute atomic E-state index is 13.0. The Morgan fingerprint density at radius 1 is 0.493 bits per heavy atom. The number of hydrogen-bond donors (Lipinski definition) is 7. The lowest BCUT2D eigenvalue weighted by Gasteiger charge is -2.42. The van der Waals surface area contributed by atoms with Crippen LogP contribution in [-0.4, -0.2) is 142 Å². The van der Waals surface area contributed by atoms with Gasteiger partial charge in [-0.05, 0) is 83.5 Å². The molecule has 11 unspecified atom stereocenters. The standard InChI is InChI=1S/C53H82O14/c1-3-5-7-9-11-13-15-17-19-21-22-24-26-28-30-32-34-36-45(55)65-42(39-62-37-35-33-31-29-27-25-23-20-18-16-14-12-10-8-6-4-2)40-63-52-51(61)49(59)47(57)44(67-52)41-64-53-50(60)48(58)46(56)43(38-54)66-53/h5-8,11-14,17-20,22,24-25,27-28,30-31,33,42-44,46-54,56-61H,3-4,9-10,15-16,21,23,26,29,32,34-41H2,1-2H3/b7-5-,8-6-,13-11-,14-12-,19-17-,20-18-,24-22-,27-25-,30-28-,33-31-. The summed E-state index contributed by atoms with van der Waals surface area (Å²) in [6.07, 6.45) is 37.2. The van der Waals surface area contributed by atoms with Gasteiger partial charge in [-0.1, -0.05) is 135 Å². The Balaban J connectivity index is 1.87. The van der Waals surface area contributed by atoms with Gasteiger partial charge in [0.1, 0.15) is 54.9 Å². The molecule has 378 valence electrons. The number of aliphatic hydroxyl groups is 7. The number of aliphatic hydroxyl groups excluding tert-OH is 7. The van der Waals surface area contributed by atoms with Crippen LogP contribution in [0, 0.1) is 0 Å². The largest absolute Gasteiger partial charge is 0.457 e. The smallest absolute Gasteiger partial charge is 0.306 e. The minimum Gasteiger partial charge on any atom is -0.457 e. The number of carbonyl (C=O) groups excluding carboxylic acids is 1. The van der Waals surface area contributed by atoms with E-state index in [9.17, 15) is 40.5 Å². The highest BCUT2D eigenvalue weighted by molar-refractivity contribution is 5.69. The molecule has 7 N–H and O–H groups in total. The van der Waals surface area contributed by atoms with Crippen molar-refractivity contribution < 1.29 is 69.0 Å². The van der Waals surface area contributed by atoms with Crippen molar-refractivity contribution >= 4 is 5.97 Å². The molecule has 2 rings (SSSR count). The molecule has 0 bridgehead atoms. The van der Waals surface area contributed by atoms with E-state index in [2.05, 4.69) is 117 Å². The fourth-order valence-corrected chi connectivity index (χ4v) is 6.62. The van der Waals surface area contributed by atoms with Crippen LogP contribution in [0.5, 0.6) is 0 Å². The molecule has 2 aliphatic rings. The second kappa shape index (κ2) is 39.3. The Morgan fingerprint density at radius 3 is 1.36 bits per heavy atom. The average molecular weight is 943 g/mol. The zero-order valence-corrected chi connectivity index (χ0v) is 39.8. The Labute approximate surface area is 399 Å². The molecule has 2 aliphatic heterocycles. The van der Waals surface area contributed by atoms with Crippen molar-refractivity contribution in [1.82, 2.24) is 0 Å². The molecule has 11 atom stereocenters. The molecule has 0 aromatic carbocycles. The molecule has 0 amide bonds. The second-order valence-corrected chi connectivity index (χ2v) is 16.2. The van der Waals surface area contributed by atoms with Gasteiger partial charge < -0.3 is 64.2 Å². The predicted molar refractivity (Wildman–Crippen MR) is 260 cm³/mol. The van der Waals surface area contributed by atoms with E-state index in [0.29, 0.717) is 25.9 Å². The van der Waals surface area contributed by atoms with Crippen molar-refractivity contribution in [3.63, 3.8) is 0 Å². The SMILES string of the molecule is CC/C=C\C/C=C\C/C=C\C/C=C\C/C=C\CCCC(=O)OC(COCC/C=C\C/C=C\C/C=C\C/C=C\C/C=C\CC)COC1OC(COC2OC(CO)C(O)C(O)C2O)C(O)C(O)C1O. The molecule has 14 nitrogen and oxygen atoms in total. The minimum atomic E-state index is -1.74. The zero-order chi connectivity index (χ0) is 48.7. The highest BCUT2D eigenvalue weighted by atomic mass is 16.7. The van der Waals surface area contributed by atoms with Crippen LogP contribution < -0.4 is 0 Å². The Bertz CT molecular complexity index is 1560. The third-order valence-electron chi connectivity index (χ3n) is 10.5. The van der Waals surface area contributed by atoms with Crippen LogP contribution in [0.15, 0.2) is 122 Å². The van der Waals surface area contributed by atoms with Crippen LogP contribution in [-0.2, 0) is 33.2 Å². The summed E-state index contributed by atoms with van der Waals surface area (Å²) in [4.78, 5) is 13.0. The lowest BCUT2D eigenvalue weighted by atomic mass is 9.98. The number of hydrogen-bond acceptors (Lipinski definition) is 14. The van der Waals surface area contributed by atoms with E-state index in [0.717, 1.165) is 64.2 Å². The maximum Gasteiger partial charge on any atom is 0.306 e. The lowest BCUT2D eigenvalue weighted by molar-refractivity contribution is -0.332. The summed E-state index contributed by atoms with van der Waals surface area (Å²) in [6, 6.07) is 0. The van der Waals surface area contributed by atoms with Gasteiger partial charge in [0.25, 0.3) is 0 Å². The molecule has 0 aromatic rings. The Kier molecular flexibility index (Phi) is 34.9. The first-order valence-electron chi connectivity index (χ1n) is 24.1. The molecule has 2 heterocycles. The molecule has 0 aliphatic carbocycles. The van der Waals surface area contributed by atoms with Gasteiger partial charge in [0.2, 0.25) is 0 Å². The molecule has 2 fully saturated rings. The Hall–Kier alpha value is -3.61. The number of esters is 1. The van der Waals surface area contributed by atoms with Gasteiger partial charge in [0, 0.05) is 6.42 Å². The van der Waals surface area contributed by atoms with Gasteiger partial charge in [-0.15, -0.1) is 0 Å². The molecule has 67 heavy (non-hydrogen) atoms. The molecular weight excluding hydrogens is 861 g/mol.